The van der Waals surface area contributed by atoms with Gasteiger partial charge in [-0.3, -0.25) is 4.79 Å². The summed E-state index contributed by atoms with van der Waals surface area (Å²) in [5.74, 6) is 0.0876. The van der Waals surface area contributed by atoms with Gasteiger partial charge in [0.2, 0.25) is 15.9 Å². The molecule has 2 heterocycles. The van der Waals surface area contributed by atoms with E-state index >= 15 is 0 Å². The fourth-order valence-corrected chi connectivity index (χ4v) is 5.53. The molecule has 0 aliphatic carbocycles. The molecule has 9 heteroatoms. The largest absolute Gasteiger partial charge is 0.431 e. The molecule has 1 aromatic heterocycles. The fourth-order valence-electron chi connectivity index (χ4n) is 3.21. The zero-order valence-electron chi connectivity index (χ0n) is 15.8. The third kappa shape index (κ3) is 4.14. The van der Waals surface area contributed by atoms with Crippen LogP contribution in [0.2, 0.25) is 0 Å². The van der Waals surface area contributed by atoms with Gasteiger partial charge in [-0.2, -0.15) is 4.31 Å². The number of carbonyl (C=O) groups is 1. The Kier molecular flexibility index (Phi) is 6.12. The molecule has 1 amide bonds. The Labute approximate surface area is 164 Å². The molecule has 1 saturated heterocycles. The van der Waals surface area contributed by atoms with Crippen LogP contribution in [0, 0.1) is 0 Å². The van der Waals surface area contributed by atoms with E-state index in [1.807, 2.05) is 25.7 Å². The van der Waals surface area contributed by atoms with E-state index in [-0.39, 0.29) is 16.1 Å². The van der Waals surface area contributed by atoms with Crippen LogP contribution in [-0.2, 0) is 14.8 Å². The summed E-state index contributed by atoms with van der Waals surface area (Å²) in [5, 5.41) is 0.0810. The number of rotatable bonds is 7. The lowest BCUT2D eigenvalue weighted by molar-refractivity contribution is -0.129. The fraction of sp³-hybridized carbons (Fsp3) is 0.556. The average Bonchev–Trinajstić information content (AvgIpc) is 3.30. The maximum atomic E-state index is 12.7. The van der Waals surface area contributed by atoms with Crippen molar-refractivity contribution in [3.05, 3.63) is 18.2 Å². The van der Waals surface area contributed by atoms with E-state index in [1.165, 1.54) is 28.2 Å². The highest BCUT2D eigenvalue weighted by Crippen LogP contribution is 2.30. The Morgan fingerprint density at radius 2 is 1.96 bits per heavy atom. The number of nitrogens with zero attached hydrogens (tertiary/aromatic N) is 3. The first-order valence-electron chi connectivity index (χ1n) is 9.23. The summed E-state index contributed by atoms with van der Waals surface area (Å²) in [5.41, 5.74) is 0.989. The summed E-state index contributed by atoms with van der Waals surface area (Å²) in [7, 11) is -3.55. The maximum Gasteiger partial charge on any atom is 0.257 e. The van der Waals surface area contributed by atoms with E-state index in [2.05, 4.69) is 4.98 Å². The highest BCUT2D eigenvalue weighted by atomic mass is 32.2. The van der Waals surface area contributed by atoms with Crippen LogP contribution in [0.5, 0.6) is 0 Å². The van der Waals surface area contributed by atoms with Gasteiger partial charge in [0, 0.05) is 26.2 Å². The number of benzene rings is 1. The number of hydrogen-bond acceptors (Lipinski definition) is 6. The molecule has 27 heavy (non-hydrogen) atoms. The second kappa shape index (κ2) is 8.20. The quantitative estimate of drug-likeness (QED) is 0.652. The monoisotopic (exact) mass is 411 g/mol. The molecule has 1 atom stereocenters. The highest BCUT2D eigenvalue weighted by Gasteiger charge is 2.26. The SMILES string of the molecule is CCN(CC)S(=O)(=O)c1ccc2oc(S[C@H](C)C(=O)N3CCCC3)nc2c1. The second-order valence-corrected chi connectivity index (χ2v) is 9.72. The molecule has 1 aliphatic rings. The van der Waals surface area contributed by atoms with Gasteiger partial charge in [-0.05, 0) is 38.0 Å². The van der Waals surface area contributed by atoms with Crippen LogP contribution in [0.25, 0.3) is 11.1 Å². The molecule has 148 valence electrons. The number of aromatic nitrogens is 1. The van der Waals surface area contributed by atoms with Gasteiger partial charge in [0.1, 0.15) is 5.52 Å². The van der Waals surface area contributed by atoms with Gasteiger partial charge in [0.25, 0.3) is 5.22 Å². The van der Waals surface area contributed by atoms with Crippen molar-refractivity contribution in [2.75, 3.05) is 26.2 Å². The van der Waals surface area contributed by atoms with Gasteiger partial charge in [0.05, 0.1) is 10.1 Å². The highest BCUT2D eigenvalue weighted by molar-refractivity contribution is 8.00. The normalized spacial score (nSPS) is 16.4. The molecule has 0 bridgehead atoms. The van der Waals surface area contributed by atoms with Crippen LogP contribution in [0.1, 0.15) is 33.6 Å². The lowest BCUT2D eigenvalue weighted by Gasteiger charge is -2.18. The summed E-state index contributed by atoms with van der Waals surface area (Å²) in [4.78, 5) is 18.9. The number of carbonyl (C=O) groups excluding carboxylic acids is 1. The lowest BCUT2D eigenvalue weighted by atomic mass is 10.3. The first-order chi connectivity index (χ1) is 12.9. The summed E-state index contributed by atoms with van der Waals surface area (Å²) < 4.78 is 32.5. The van der Waals surface area contributed by atoms with Crippen LogP contribution in [0.4, 0.5) is 0 Å². The lowest BCUT2D eigenvalue weighted by Crippen LogP contribution is -2.34. The van der Waals surface area contributed by atoms with Crippen molar-refractivity contribution in [2.45, 2.75) is 49.0 Å². The third-order valence-corrected chi connectivity index (χ3v) is 7.70. The molecule has 0 N–H and O–H groups in total. The van der Waals surface area contributed by atoms with Crippen LogP contribution >= 0.6 is 11.8 Å². The van der Waals surface area contributed by atoms with Crippen molar-refractivity contribution in [1.29, 1.82) is 0 Å². The molecule has 3 rings (SSSR count). The number of likely N-dealkylation sites (tertiary alicyclic amines) is 1. The van der Waals surface area contributed by atoms with Gasteiger partial charge in [-0.1, -0.05) is 25.6 Å². The zero-order valence-corrected chi connectivity index (χ0v) is 17.5. The average molecular weight is 412 g/mol. The smallest absolute Gasteiger partial charge is 0.257 e. The van der Waals surface area contributed by atoms with Gasteiger partial charge in [0.15, 0.2) is 5.58 Å². The van der Waals surface area contributed by atoms with Gasteiger partial charge in [-0.25, -0.2) is 13.4 Å². The van der Waals surface area contributed by atoms with Crippen LogP contribution in [-0.4, -0.2) is 59.9 Å². The minimum atomic E-state index is -3.55. The van der Waals surface area contributed by atoms with Gasteiger partial charge < -0.3 is 9.32 Å². The molecule has 0 saturated carbocycles. The Bertz CT molecular complexity index is 916. The Morgan fingerprint density at radius 3 is 2.59 bits per heavy atom. The maximum absolute atomic E-state index is 12.7. The van der Waals surface area contributed by atoms with Crippen LogP contribution in [0.3, 0.4) is 0 Å². The first kappa shape index (κ1) is 20.2. The first-order valence-corrected chi connectivity index (χ1v) is 11.5. The molecular weight excluding hydrogens is 386 g/mol. The minimum absolute atomic E-state index is 0.0876. The Hall–Kier alpha value is -1.58. The number of fused-ring (bicyclic) bond motifs is 1. The number of hydrogen-bond donors (Lipinski definition) is 0. The molecule has 7 nitrogen and oxygen atoms in total. The molecule has 0 spiro atoms. The molecule has 1 aromatic carbocycles. The Morgan fingerprint density at radius 1 is 1.30 bits per heavy atom. The third-order valence-electron chi connectivity index (χ3n) is 4.73. The van der Waals surface area contributed by atoms with Crippen LogP contribution in [0.15, 0.2) is 32.7 Å². The van der Waals surface area contributed by atoms with Crippen molar-refractivity contribution in [1.82, 2.24) is 14.2 Å². The molecular formula is C18H25N3O4S2. The molecule has 0 radical (unpaired) electrons. The number of amides is 1. The molecule has 0 unspecified atom stereocenters. The Balaban J connectivity index is 1.80. The van der Waals surface area contributed by atoms with Crippen molar-refractivity contribution < 1.29 is 17.6 Å². The van der Waals surface area contributed by atoms with Crippen molar-refractivity contribution in [3.8, 4) is 0 Å². The van der Waals surface area contributed by atoms with E-state index in [4.69, 9.17) is 4.42 Å². The zero-order chi connectivity index (χ0) is 19.6. The van der Waals surface area contributed by atoms with Gasteiger partial charge in [-0.15, -0.1) is 0 Å². The van der Waals surface area contributed by atoms with Crippen LogP contribution < -0.4 is 0 Å². The van der Waals surface area contributed by atoms with Crippen molar-refractivity contribution in [3.63, 3.8) is 0 Å². The summed E-state index contributed by atoms with van der Waals surface area (Å²) in [6, 6.07) is 4.69. The molecule has 1 fully saturated rings. The number of oxazole rings is 1. The van der Waals surface area contributed by atoms with E-state index < -0.39 is 10.0 Å². The van der Waals surface area contributed by atoms with Gasteiger partial charge >= 0.3 is 0 Å². The summed E-state index contributed by atoms with van der Waals surface area (Å²) in [6.07, 6.45) is 2.10. The minimum Gasteiger partial charge on any atom is -0.431 e. The summed E-state index contributed by atoms with van der Waals surface area (Å²) >= 11 is 1.26. The van der Waals surface area contributed by atoms with E-state index in [0.29, 0.717) is 29.4 Å². The molecule has 2 aromatic rings. The van der Waals surface area contributed by atoms with Crippen molar-refractivity contribution >= 4 is 38.8 Å². The summed E-state index contributed by atoms with van der Waals surface area (Å²) in [6.45, 7) is 7.90. The predicted molar refractivity (Wildman–Crippen MR) is 105 cm³/mol. The standard InChI is InChI=1S/C18H25N3O4S2/c1-4-21(5-2)27(23,24)14-8-9-16-15(12-14)19-18(25-16)26-13(3)17(22)20-10-6-7-11-20/h8-9,12-13H,4-7,10-11H2,1-3H3/t13-/m1/s1. The number of sulfonamides is 1. The number of thioether (sulfide) groups is 1. The van der Waals surface area contributed by atoms with E-state index in [0.717, 1.165) is 25.9 Å². The second-order valence-electron chi connectivity index (χ2n) is 6.49. The van der Waals surface area contributed by atoms with Crippen molar-refractivity contribution in [2.24, 2.45) is 0 Å². The predicted octanol–water partition coefficient (Wildman–Crippen LogP) is 2.96. The van der Waals surface area contributed by atoms with E-state index in [1.54, 1.807) is 6.07 Å². The molecule has 1 aliphatic heterocycles. The topological polar surface area (TPSA) is 83.7 Å². The van der Waals surface area contributed by atoms with E-state index in [9.17, 15) is 13.2 Å².